The number of nitrogens with zero attached hydrogens (tertiary/aromatic N) is 1. The number of amidine groups is 1. The molecular formula is C5H10BrN3. The second-order valence-electron chi connectivity index (χ2n) is 1.60. The molecule has 0 atom stereocenters. The second kappa shape index (κ2) is 3.63. The highest BCUT2D eigenvalue weighted by Crippen LogP contribution is 2.05. The molecule has 0 heterocycles. The summed E-state index contributed by atoms with van der Waals surface area (Å²) in [5.74, 6) is 5.53. The van der Waals surface area contributed by atoms with Crippen LogP contribution < -0.4 is 5.84 Å². The largest absolute Gasteiger partial charge is 0.298 e. The molecule has 0 saturated heterocycles. The van der Waals surface area contributed by atoms with Gasteiger partial charge in [0, 0.05) is 7.05 Å². The third-order valence-electron chi connectivity index (χ3n) is 0.832. The number of likely N-dealkylation sites (N-methyl/N-ethyl adjacent to an activating group) is 1. The molecule has 0 saturated carbocycles. The zero-order chi connectivity index (χ0) is 7.44. The summed E-state index contributed by atoms with van der Waals surface area (Å²) >= 11 is 3.16. The van der Waals surface area contributed by atoms with Gasteiger partial charge in [0.2, 0.25) is 0 Å². The van der Waals surface area contributed by atoms with Gasteiger partial charge in [-0.15, -0.1) is 0 Å². The number of allylic oxidation sites excluding steroid dienone is 1. The van der Waals surface area contributed by atoms with E-state index in [0.717, 1.165) is 0 Å². The molecule has 0 rings (SSSR count). The van der Waals surface area contributed by atoms with E-state index in [1.807, 2.05) is 6.92 Å². The molecule has 0 aliphatic rings. The van der Waals surface area contributed by atoms with E-state index in [0.29, 0.717) is 4.48 Å². The predicted octanol–water partition coefficient (Wildman–Crippen LogP) is 1.07. The molecule has 3 N–H and O–H groups in total. The van der Waals surface area contributed by atoms with Gasteiger partial charge in [0.25, 0.3) is 0 Å². The number of hydrazine groups is 1. The van der Waals surface area contributed by atoms with Gasteiger partial charge >= 0.3 is 0 Å². The summed E-state index contributed by atoms with van der Waals surface area (Å²) in [5.41, 5.74) is 0. The lowest BCUT2D eigenvalue weighted by Crippen LogP contribution is -2.32. The van der Waals surface area contributed by atoms with Crippen LogP contribution >= 0.6 is 15.9 Å². The van der Waals surface area contributed by atoms with Gasteiger partial charge < -0.3 is 0 Å². The quantitative estimate of drug-likeness (QED) is 0.282. The molecule has 9 heavy (non-hydrogen) atoms. The summed E-state index contributed by atoms with van der Waals surface area (Å²) in [5, 5.41) is 8.48. The molecule has 0 amide bonds. The minimum atomic E-state index is 0.275. The Labute approximate surface area is 63.1 Å². The molecule has 4 heteroatoms. The Morgan fingerprint density at radius 1 is 1.78 bits per heavy atom. The third-order valence-corrected chi connectivity index (χ3v) is 1.67. The summed E-state index contributed by atoms with van der Waals surface area (Å²) in [4.78, 5) is 0. The van der Waals surface area contributed by atoms with Crippen LogP contribution in [-0.2, 0) is 0 Å². The maximum absolute atomic E-state index is 7.24. The van der Waals surface area contributed by atoms with Crippen LogP contribution in [0, 0.1) is 5.41 Å². The van der Waals surface area contributed by atoms with E-state index in [9.17, 15) is 0 Å². The molecule has 0 spiro atoms. The van der Waals surface area contributed by atoms with Gasteiger partial charge in [-0.25, -0.2) is 5.84 Å². The monoisotopic (exact) mass is 191 g/mol. The number of nitrogens with one attached hydrogen (secondary N) is 1. The van der Waals surface area contributed by atoms with Gasteiger partial charge in [-0.05, 0) is 22.9 Å². The van der Waals surface area contributed by atoms with E-state index in [1.165, 1.54) is 5.01 Å². The molecule has 0 radical (unpaired) electrons. The molecule has 52 valence electrons. The van der Waals surface area contributed by atoms with Crippen molar-refractivity contribution in [2.75, 3.05) is 7.05 Å². The number of halogens is 1. The molecule has 0 aliphatic heterocycles. The first-order chi connectivity index (χ1) is 4.09. The number of rotatable bonds is 1. The normalized spacial score (nSPS) is 11.3. The summed E-state index contributed by atoms with van der Waals surface area (Å²) < 4.78 is 0.701. The molecule has 0 bridgehead atoms. The minimum absolute atomic E-state index is 0.275. The summed E-state index contributed by atoms with van der Waals surface area (Å²) in [6, 6.07) is 0. The van der Waals surface area contributed by atoms with Gasteiger partial charge in [-0.2, -0.15) is 0 Å². The zero-order valence-corrected chi connectivity index (χ0v) is 7.07. The van der Waals surface area contributed by atoms with Crippen LogP contribution in [0.3, 0.4) is 0 Å². The topological polar surface area (TPSA) is 53.1 Å². The third kappa shape index (κ3) is 2.62. The average molecular weight is 192 g/mol. The maximum atomic E-state index is 7.24. The summed E-state index contributed by atoms with van der Waals surface area (Å²) in [7, 11) is 1.62. The first kappa shape index (κ1) is 8.65. The molecule has 0 aromatic rings. The Kier molecular flexibility index (Phi) is 3.49. The fraction of sp³-hybridized carbons (Fsp3) is 0.400. The lowest BCUT2D eigenvalue weighted by molar-refractivity contribution is 0.537. The van der Waals surface area contributed by atoms with Crippen molar-refractivity contribution in [1.29, 1.82) is 5.41 Å². The first-order valence-corrected chi connectivity index (χ1v) is 3.28. The van der Waals surface area contributed by atoms with Crippen LogP contribution in [-0.4, -0.2) is 17.9 Å². The smallest absolute Gasteiger partial charge is 0.148 e. The molecule has 0 unspecified atom stereocenters. The molecule has 0 fully saturated rings. The van der Waals surface area contributed by atoms with Crippen molar-refractivity contribution in [1.82, 2.24) is 5.01 Å². The van der Waals surface area contributed by atoms with Crippen LogP contribution in [0.2, 0.25) is 0 Å². The Hall–Kier alpha value is -0.350. The highest BCUT2D eigenvalue weighted by molar-refractivity contribution is 9.12. The Bertz CT molecular complexity index is 139. The fourth-order valence-electron chi connectivity index (χ4n) is 0.305. The maximum Gasteiger partial charge on any atom is 0.148 e. The van der Waals surface area contributed by atoms with Crippen molar-refractivity contribution >= 4 is 21.8 Å². The van der Waals surface area contributed by atoms with Crippen LogP contribution in [0.1, 0.15) is 6.92 Å². The molecular weight excluding hydrogens is 182 g/mol. The van der Waals surface area contributed by atoms with E-state index in [2.05, 4.69) is 15.9 Å². The summed E-state index contributed by atoms with van der Waals surface area (Å²) in [6.45, 7) is 1.84. The SMILES string of the molecule is C/C=C(/Br)C(=N)N(C)N. The van der Waals surface area contributed by atoms with Crippen LogP contribution in [0.5, 0.6) is 0 Å². The number of hydrogen-bond acceptors (Lipinski definition) is 2. The van der Waals surface area contributed by atoms with Crippen molar-refractivity contribution in [2.24, 2.45) is 5.84 Å². The van der Waals surface area contributed by atoms with Gasteiger partial charge in [0.1, 0.15) is 5.84 Å². The first-order valence-electron chi connectivity index (χ1n) is 2.48. The van der Waals surface area contributed by atoms with Crippen molar-refractivity contribution in [3.63, 3.8) is 0 Å². The fourth-order valence-corrected chi connectivity index (χ4v) is 0.585. The zero-order valence-electron chi connectivity index (χ0n) is 5.48. The summed E-state index contributed by atoms with van der Waals surface area (Å²) in [6.07, 6.45) is 1.77. The van der Waals surface area contributed by atoms with Gasteiger partial charge in [0.05, 0.1) is 4.48 Å². The highest BCUT2D eigenvalue weighted by Gasteiger charge is 2.00. The van der Waals surface area contributed by atoms with E-state index in [1.54, 1.807) is 13.1 Å². The minimum Gasteiger partial charge on any atom is -0.298 e. The lowest BCUT2D eigenvalue weighted by Gasteiger charge is -2.11. The van der Waals surface area contributed by atoms with Gasteiger partial charge in [-0.3, -0.25) is 10.4 Å². The molecule has 0 aromatic heterocycles. The Balaban J connectivity index is 4.06. The Morgan fingerprint density at radius 2 is 2.22 bits per heavy atom. The van der Waals surface area contributed by atoms with E-state index >= 15 is 0 Å². The van der Waals surface area contributed by atoms with Gasteiger partial charge in [-0.1, -0.05) is 6.08 Å². The lowest BCUT2D eigenvalue weighted by atomic mass is 10.5. The molecule has 0 aromatic carbocycles. The predicted molar refractivity (Wildman–Crippen MR) is 42.4 cm³/mol. The number of nitrogens with two attached hydrogens (primary N) is 1. The van der Waals surface area contributed by atoms with Crippen LogP contribution in [0.15, 0.2) is 10.6 Å². The van der Waals surface area contributed by atoms with Crippen molar-refractivity contribution in [3.05, 3.63) is 10.6 Å². The Morgan fingerprint density at radius 3 is 2.33 bits per heavy atom. The van der Waals surface area contributed by atoms with Crippen molar-refractivity contribution in [2.45, 2.75) is 6.92 Å². The molecule has 0 aliphatic carbocycles. The number of hydrogen-bond donors (Lipinski definition) is 2. The van der Waals surface area contributed by atoms with E-state index in [-0.39, 0.29) is 5.84 Å². The van der Waals surface area contributed by atoms with Crippen molar-refractivity contribution in [3.8, 4) is 0 Å². The second-order valence-corrected chi connectivity index (χ2v) is 2.45. The average Bonchev–Trinajstić information content (AvgIpc) is 1.84. The van der Waals surface area contributed by atoms with Gasteiger partial charge in [0.15, 0.2) is 0 Å². The molecule has 3 nitrogen and oxygen atoms in total. The van der Waals surface area contributed by atoms with Crippen LogP contribution in [0.4, 0.5) is 0 Å². The van der Waals surface area contributed by atoms with Crippen LogP contribution in [0.25, 0.3) is 0 Å². The highest BCUT2D eigenvalue weighted by atomic mass is 79.9. The van der Waals surface area contributed by atoms with E-state index < -0.39 is 0 Å². The van der Waals surface area contributed by atoms with E-state index in [4.69, 9.17) is 11.3 Å². The standard InChI is InChI=1S/C5H10BrN3/c1-3-4(6)5(7)9(2)8/h3,7H,8H2,1-2H3/b4-3+,7-5?. The van der Waals surface area contributed by atoms with Crippen molar-refractivity contribution < 1.29 is 0 Å².